The highest BCUT2D eigenvalue weighted by atomic mass is 32.1. The molecule has 13 heteroatoms. The summed E-state index contributed by atoms with van der Waals surface area (Å²) in [7, 11) is 4.04. The fraction of sp³-hybridized carbons (Fsp3) is 0.278. The molecule has 1 atom stereocenters. The van der Waals surface area contributed by atoms with Crippen LogP contribution >= 0.6 is 11.3 Å². The normalized spacial score (nSPS) is 16.0. The van der Waals surface area contributed by atoms with Crippen LogP contribution < -0.4 is 10.2 Å². The predicted octanol–water partition coefficient (Wildman–Crippen LogP) is 4.79. The summed E-state index contributed by atoms with van der Waals surface area (Å²) in [6, 6.07) is 17.9. The van der Waals surface area contributed by atoms with Crippen LogP contribution in [-0.4, -0.2) is 94.0 Å². The molecule has 49 heavy (non-hydrogen) atoms. The number of rotatable bonds is 11. The van der Waals surface area contributed by atoms with E-state index in [1.807, 2.05) is 50.6 Å². The van der Waals surface area contributed by atoms with E-state index >= 15 is 0 Å². The van der Waals surface area contributed by atoms with Crippen LogP contribution in [0.25, 0.3) is 32.0 Å². The molecule has 2 aliphatic heterocycles. The van der Waals surface area contributed by atoms with E-state index < -0.39 is 11.9 Å². The van der Waals surface area contributed by atoms with E-state index in [2.05, 4.69) is 32.3 Å². The third-order valence-corrected chi connectivity index (χ3v) is 9.80. The molecule has 250 valence electrons. The summed E-state index contributed by atoms with van der Waals surface area (Å²) < 4.78 is 6.84. The lowest BCUT2D eigenvalue weighted by atomic mass is 10.0. The van der Waals surface area contributed by atoms with Gasteiger partial charge in [-0.3, -0.25) is 24.3 Å². The maximum absolute atomic E-state index is 13.2. The number of aromatic hydroxyl groups is 1. The van der Waals surface area contributed by atoms with Crippen molar-refractivity contribution in [2.45, 2.75) is 25.4 Å². The van der Waals surface area contributed by atoms with Crippen molar-refractivity contribution in [1.82, 2.24) is 24.8 Å². The standard InChI is InChI=1S/C36H35N7O5S/c1-41(2)25-5-9-28-31(18-25)49-34(40-28)29-8-3-22(19-38-29)23-4-11-32(39-20-23)37-13-15-48-16-14-42-33(45)12-10-30(36(42)47)43-21-24-17-26(44)6-7-27(24)35(43)46/h3-9,11,17-20,30,44H,10,12-16,21H2,1-2H3,(H,37,39). The molecule has 3 aromatic heterocycles. The highest BCUT2D eigenvalue weighted by Gasteiger charge is 2.42. The van der Waals surface area contributed by atoms with E-state index in [1.54, 1.807) is 23.6 Å². The zero-order valence-corrected chi connectivity index (χ0v) is 27.9. The van der Waals surface area contributed by atoms with E-state index in [4.69, 9.17) is 9.72 Å². The number of imide groups is 1. The number of aromatic nitrogens is 3. The van der Waals surface area contributed by atoms with Gasteiger partial charge in [-0.2, -0.15) is 0 Å². The first-order valence-electron chi connectivity index (χ1n) is 16.0. The Kier molecular flexibility index (Phi) is 8.93. The Morgan fingerprint density at radius 2 is 1.80 bits per heavy atom. The van der Waals surface area contributed by atoms with E-state index in [0.29, 0.717) is 30.1 Å². The zero-order chi connectivity index (χ0) is 34.1. The van der Waals surface area contributed by atoms with Gasteiger partial charge in [-0.25, -0.2) is 9.97 Å². The number of pyridine rings is 2. The molecule has 0 saturated carbocycles. The maximum Gasteiger partial charge on any atom is 0.255 e. The molecule has 1 fully saturated rings. The molecule has 5 aromatic rings. The topological polar surface area (TPSA) is 141 Å². The summed E-state index contributed by atoms with van der Waals surface area (Å²) in [5, 5.41) is 13.9. The highest BCUT2D eigenvalue weighted by molar-refractivity contribution is 7.21. The number of benzene rings is 2. The molecule has 7 rings (SSSR count). The number of carbonyl (C=O) groups is 3. The van der Waals surface area contributed by atoms with Crippen LogP contribution in [0.1, 0.15) is 28.8 Å². The number of amides is 3. The second-order valence-electron chi connectivity index (χ2n) is 12.2. The van der Waals surface area contributed by atoms with Crippen molar-refractivity contribution in [2.75, 3.05) is 50.6 Å². The van der Waals surface area contributed by atoms with Gasteiger partial charge in [0.1, 0.15) is 22.6 Å². The number of likely N-dealkylation sites (tertiary alicyclic amines) is 1. The van der Waals surface area contributed by atoms with Gasteiger partial charge in [-0.15, -0.1) is 11.3 Å². The number of phenolic OH excluding ortho intramolecular Hbond substituents is 1. The summed E-state index contributed by atoms with van der Waals surface area (Å²) in [6.45, 7) is 1.35. The third kappa shape index (κ3) is 6.67. The second kappa shape index (κ2) is 13.6. The Balaban J connectivity index is 0.865. The average Bonchev–Trinajstić information content (AvgIpc) is 3.68. The van der Waals surface area contributed by atoms with Crippen molar-refractivity contribution < 1.29 is 24.2 Å². The number of ether oxygens (including phenoxy) is 1. The van der Waals surface area contributed by atoms with Crippen molar-refractivity contribution in [3.63, 3.8) is 0 Å². The van der Waals surface area contributed by atoms with Crippen LogP contribution in [0.2, 0.25) is 0 Å². The molecule has 2 aromatic carbocycles. The van der Waals surface area contributed by atoms with Gasteiger partial charge in [0, 0.05) is 68.4 Å². The number of hydrogen-bond donors (Lipinski definition) is 2. The number of piperidine rings is 1. The first kappa shape index (κ1) is 32.2. The van der Waals surface area contributed by atoms with Gasteiger partial charge in [0.15, 0.2) is 0 Å². The summed E-state index contributed by atoms with van der Waals surface area (Å²) in [6.07, 6.45) is 4.07. The van der Waals surface area contributed by atoms with Crippen molar-refractivity contribution in [3.8, 4) is 27.6 Å². The lowest BCUT2D eigenvalue weighted by Gasteiger charge is -2.35. The largest absolute Gasteiger partial charge is 0.508 e. The number of hydrogen-bond acceptors (Lipinski definition) is 11. The molecule has 2 N–H and O–H groups in total. The Morgan fingerprint density at radius 3 is 2.55 bits per heavy atom. The summed E-state index contributed by atoms with van der Waals surface area (Å²) in [4.78, 5) is 57.5. The molecule has 5 heterocycles. The second-order valence-corrected chi connectivity index (χ2v) is 13.2. The Hall–Kier alpha value is -5.40. The van der Waals surface area contributed by atoms with Gasteiger partial charge in [-0.05, 0) is 66.6 Å². The molecule has 0 radical (unpaired) electrons. The smallest absolute Gasteiger partial charge is 0.255 e. The monoisotopic (exact) mass is 677 g/mol. The third-order valence-electron chi connectivity index (χ3n) is 8.76. The number of nitrogens with one attached hydrogen (secondary N) is 1. The molecular weight excluding hydrogens is 643 g/mol. The minimum Gasteiger partial charge on any atom is -0.508 e. The zero-order valence-electron chi connectivity index (χ0n) is 27.1. The SMILES string of the molecule is CN(C)c1ccc2nc(-c3ccc(-c4ccc(NCCOCCN5C(=O)CCC(N6Cc7cc(O)ccc7C6=O)C5=O)nc4)cn3)sc2c1. The quantitative estimate of drug-likeness (QED) is 0.148. The summed E-state index contributed by atoms with van der Waals surface area (Å²) >= 11 is 1.63. The van der Waals surface area contributed by atoms with Crippen LogP contribution in [0.5, 0.6) is 5.75 Å². The van der Waals surface area contributed by atoms with E-state index in [0.717, 1.165) is 37.7 Å². The fourth-order valence-electron chi connectivity index (χ4n) is 6.10. The molecular formula is C36H35N7O5S. The number of thiazole rings is 1. The Labute approximate surface area is 287 Å². The average molecular weight is 678 g/mol. The van der Waals surface area contributed by atoms with Crippen molar-refractivity contribution >= 4 is 50.8 Å². The molecule has 1 saturated heterocycles. The number of carbonyl (C=O) groups excluding carboxylic acids is 3. The molecule has 0 aliphatic carbocycles. The highest BCUT2D eigenvalue weighted by Crippen LogP contribution is 2.33. The fourth-order valence-corrected chi connectivity index (χ4v) is 7.07. The number of anilines is 2. The lowest BCUT2D eigenvalue weighted by molar-refractivity contribution is -0.153. The van der Waals surface area contributed by atoms with Crippen molar-refractivity contribution in [3.05, 3.63) is 84.2 Å². The van der Waals surface area contributed by atoms with Gasteiger partial charge in [0.05, 0.1) is 35.7 Å². The van der Waals surface area contributed by atoms with Crippen LogP contribution in [0, 0.1) is 0 Å². The van der Waals surface area contributed by atoms with Gasteiger partial charge in [0.25, 0.3) is 11.8 Å². The number of phenols is 1. The Bertz CT molecular complexity index is 2030. The summed E-state index contributed by atoms with van der Waals surface area (Å²) in [5.74, 6) is -0.167. The first-order chi connectivity index (χ1) is 23.7. The molecule has 1 unspecified atom stereocenters. The number of fused-ring (bicyclic) bond motifs is 2. The lowest BCUT2D eigenvalue weighted by Crippen LogP contribution is -2.55. The van der Waals surface area contributed by atoms with Crippen molar-refractivity contribution in [2.24, 2.45) is 0 Å². The van der Waals surface area contributed by atoms with Crippen LogP contribution in [0.3, 0.4) is 0 Å². The molecule has 0 bridgehead atoms. The van der Waals surface area contributed by atoms with Gasteiger partial charge < -0.3 is 25.0 Å². The first-order valence-corrected chi connectivity index (χ1v) is 16.9. The van der Waals surface area contributed by atoms with Crippen LogP contribution in [0.4, 0.5) is 11.5 Å². The minimum atomic E-state index is -0.723. The van der Waals surface area contributed by atoms with E-state index in [-0.39, 0.29) is 50.1 Å². The summed E-state index contributed by atoms with van der Waals surface area (Å²) in [5.41, 5.74) is 5.95. The van der Waals surface area contributed by atoms with E-state index in [9.17, 15) is 19.5 Å². The molecule has 12 nitrogen and oxygen atoms in total. The number of nitrogens with zero attached hydrogens (tertiary/aromatic N) is 6. The Morgan fingerprint density at radius 1 is 0.980 bits per heavy atom. The maximum atomic E-state index is 13.2. The van der Waals surface area contributed by atoms with Crippen LogP contribution in [0.15, 0.2) is 73.1 Å². The van der Waals surface area contributed by atoms with Gasteiger partial charge >= 0.3 is 0 Å². The van der Waals surface area contributed by atoms with Gasteiger partial charge in [-0.1, -0.05) is 6.07 Å². The van der Waals surface area contributed by atoms with Gasteiger partial charge in [0.2, 0.25) is 5.91 Å². The molecule has 3 amide bonds. The van der Waals surface area contributed by atoms with Crippen LogP contribution in [-0.2, 0) is 20.9 Å². The predicted molar refractivity (Wildman–Crippen MR) is 187 cm³/mol. The van der Waals surface area contributed by atoms with E-state index in [1.165, 1.54) is 21.9 Å². The molecule has 2 aliphatic rings. The minimum absolute atomic E-state index is 0.0689. The molecule has 0 spiro atoms. The van der Waals surface area contributed by atoms with Crippen molar-refractivity contribution in [1.29, 1.82) is 0 Å².